The fourth-order valence-corrected chi connectivity index (χ4v) is 5.10. The molecule has 0 saturated carbocycles. The normalized spacial score (nSPS) is 11.3. The molecule has 0 unspecified atom stereocenters. The molecule has 2 aromatic carbocycles. The van der Waals surface area contributed by atoms with Gasteiger partial charge in [-0.1, -0.05) is 24.7 Å². The van der Waals surface area contributed by atoms with Gasteiger partial charge in [0.05, 0.1) is 19.9 Å². The third-order valence-corrected chi connectivity index (χ3v) is 7.23. The van der Waals surface area contributed by atoms with Crippen molar-refractivity contribution < 1.29 is 31.6 Å². The highest BCUT2D eigenvalue weighted by atomic mass is 32.2. The first-order chi connectivity index (χ1) is 19.5. The van der Waals surface area contributed by atoms with Gasteiger partial charge in [0, 0.05) is 18.3 Å². The van der Waals surface area contributed by atoms with Gasteiger partial charge >= 0.3 is 0 Å². The summed E-state index contributed by atoms with van der Waals surface area (Å²) < 4.78 is 60.3. The third-order valence-electron chi connectivity index (χ3n) is 5.87. The number of methoxy groups -OCH3 is 1. The fourth-order valence-electron chi connectivity index (χ4n) is 3.90. The zero-order valence-electron chi connectivity index (χ0n) is 22.2. The van der Waals surface area contributed by atoms with Crippen LogP contribution in [0.15, 0.2) is 64.5 Å². The summed E-state index contributed by atoms with van der Waals surface area (Å²) >= 11 is 0. The minimum Gasteiger partial charge on any atom is -0.496 e. The number of carbonyl (C=O) groups is 1. The van der Waals surface area contributed by atoms with E-state index in [0.29, 0.717) is 28.7 Å². The predicted molar refractivity (Wildman–Crippen MR) is 148 cm³/mol. The number of aromatic nitrogens is 3. The number of nitrogens with one attached hydrogen (secondary N) is 3. The van der Waals surface area contributed by atoms with Gasteiger partial charge in [0.2, 0.25) is 0 Å². The van der Waals surface area contributed by atoms with Crippen molar-refractivity contribution in [2.45, 2.75) is 31.3 Å². The summed E-state index contributed by atoms with van der Waals surface area (Å²) in [4.78, 5) is 11.2. The summed E-state index contributed by atoms with van der Waals surface area (Å²) in [7, 11) is -2.79. The van der Waals surface area contributed by atoms with Crippen LogP contribution in [0.4, 0.5) is 10.2 Å². The Hall–Kier alpha value is -4.92. The van der Waals surface area contributed by atoms with Crippen molar-refractivity contribution >= 4 is 38.6 Å². The van der Waals surface area contributed by atoms with Crippen molar-refractivity contribution in [2.75, 3.05) is 18.4 Å². The van der Waals surface area contributed by atoms with Gasteiger partial charge < -0.3 is 25.0 Å². The molecule has 4 rings (SSSR count). The van der Waals surface area contributed by atoms with Gasteiger partial charge in [-0.05, 0) is 41.8 Å². The monoisotopic (exact) mass is 585 g/mol. The molecule has 0 saturated heterocycles. The van der Waals surface area contributed by atoms with E-state index in [9.17, 15) is 17.6 Å². The molecule has 15 heteroatoms. The molecule has 0 spiro atoms. The van der Waals surface area contributed by atoms with Crippen LogP contribution in [0.1, 0.15) is 23.6 Å². The molecule has 1 amide bonds. The Kier molecular flexibility index (Phi) is 8.56. The number of halogens is 1. The van der Waals surface area contributed by atoms with Crippen LogP contribution in [-0.2, 0) is 34.3 Å². The molecule has 0 aliphatic rings. The molecule has 4 aromatic rings. The summed E-state index contributed by atoms with van der Waals surface area (Å²) in [5.74, 6) is -2.00. The van der Waals surface area contributed by atoms with Crippen LogP contribution in [0.25, 0.3) is 11.0 Å². The third kappa shape index (κ3) is 6.81. The van der Waals surface area contributed by atoms with Gasteiger partial charge in [-0.25, -0.2) is 12.8 Å². The van der Waals surface area contributed by atoms with Gasteiger partial charge in [0.15, 0.2) is 17.2 Å². The highest BCUT2D eigenvalue weighted by Crippen LogP contribution is 2.36. The first-order valence-corrected chi connectivity index (χ1v) is 13.7. The number of sulfonamides is 1. The largest absolute Gasteiger partial charge is 0.496 e. The maximum absolute atomic E-state index is 13.5. The summed E-state index contributed by atoms with van der Waals surface area (Å²) in [6.07, 6.45) is 3.78. The SMILES string of the molecule is C=C(F)C(=O)NCc1cnn(Cc2cc(OC)c3c(NS(=O)(=O)c4cc(CC)ccc4OCC(=N)N)noc3c2)c1. The Balaban J connectivity index is 1.59. The second kappa shape index (κ2) is 12.1. The number of amidine groups is 1. The van der Waals surface area contributed by atoms with Crippen molar-refractivity contribution in [3.63, 3.8) is 0 Å². The summed E-state index contributed by atoms with van der Waals surface area (Å²) in [6, 6.07) is 8.07. The standard InChI is InChI=1S/C26H28FN7O6S/c1-4-16-5-6-19(39-14-23(28)29)22(9-16)41(36,37)33-25-24-20(38-3)7-17(8-21(24)40-32-25)12-34-13-18(11-31-34)10-30-26(35)15(2)27/h5-9,11,13H,2,4,10,12,14H2,1,3H3,(H3,28,29)(H,30,35)(H,32,33). The number of nitrogens with zero attached hydrogens (tertiary/aromatic N) is 3. The molecule has 13 nitrogen and oxygen atoms in total. The molecule has 2 aromatic heterocycles. The number of nitrogens with two attached hydrogens (primary N) is 1. The number of benzene rings is 2. The van der Waals surface area contributed by atoms with Crippen molar-refractivity contribution in [1.82, 2.24) is 20.3 Å². The van der Waals surface area contributed by atoms with E-state index in [1.165, 1.54) is 25.4 Å². The lowest BCUT2D eigenvalue weighted by Crippen LogP contribution is -2.22. The Bertz CT molecular complexity index is 1730. The van der Waals surface area contributed by atoms with Crippen molar-refractivity contribution in [3.05, 3.63) is 71.8 Å². The number of hydrogen-bond acceptors (Lipinski definition) is 9. The molecule has 216 valence electrons. The number of amides is 1. The van der Waals surface area contributed by atoms with E-state index in [1.807, 2.05) is 6.92 Å². The maximum Gasteiger partial charge on any atom is 0.279 e. The molecule has 0 radical (unpaired) electrons. The van der Waals surface area contributed by atoms with Gasteiger partial charge in [0.1, 0.15) is 34.2 Å². The molecular formula is C26H28FN7O6S. The number of hydrogen-bond donors (Lipinski definition) is 4. The summed E-state index contributed by atoms with van der Waals surface area (Å²) in [5.41, 5.74) is 7.73. The van der Waals surface area contributed by atoms with Crippen LogP contribution < -0.4 is 25.2 Å². The van der Waals surface area contributed by atoms with Crippen LogP contribution in [-0.4, -0.2) is 48.8 Å². The maximum atomic E-state index is 13.5. The van der Waals surface area contributed by atoms with E-state index in [0.717, 1.165) is 5.56 Å². The quantitative estimate of drug-likeness (QED) is 0.104. The first-order valence-electron chi connectivity index (χ1n) is 12.2. The molecule has 5 N–H and O–H groups in total. The number of rotatable bonds is 13. The number of anilines is 1. The van der Waals surface area contributed by atoms with E-state index in [4.69, 9.17) is 25.1 Å². The molecule has 2 heterocycles. The number of carbonyl (C=O) groups excluding carboxylic acids is 1. The van der Waals surface area contributed by atoms with Crippen molar-refractivity contribution in [1.29, 1.82) is 5.41 Å². The molecule has 0 bridgehead atoms. The minimum absolute atomic E-state index is 0.0275. The Labute approximate surface area is 234 Å². The van der Waals surface area contributed by atoms with Crippen LogP contribution in [0, 0.1) is 5.41 Å². The lowest BCUT2D eigenvalue weighted by atomic mass is 10.1. The molecule has 0 atom stereocenters. The van der Waals surface area contributed by atoms with E-state index in [1.54, 1.807) is 29.1 Å². The molecule has 0 aliphatic heterocycles. The average Bonchev–Trinajstić information content (AvgIpc) is 3.56. The Morgan fingerprint density at radius 2 is 2.00 bits per heavy atom. The zero-order valence-corrected chi connectivity index (χ0v) is 23.0. The lowest BCUT2D eigenvalue weighted by Gasteiger charge is -2.14. The van der Waals surface area contributed by atoms with E-state index in [-0.39, 0.29) is 47.6 Å². The second-order valence-electron chi connectivity index (χ2n) is 8.89. The topological polar surface area (TPSA) is 187 Å². The fraction of sp³-hybridized carbons (Fsp3) is 0.231. The van der Waals surface area contributed by atoms with E-state index < -0.39 is 21.8 Å². The first kappa shape index (κ1) is 29.1. The van der Waals surface area contributed by atoms with Gasteiger partial charge in [-0.3, -0.25) is 19.6 Å². The molecule has 0 aliphatic carbocycles. The number of ether oxygens (including phenoxy) is 2. The number of fused-ring (bicyclic) bond motifs is 1. The highest BCUT2D eigenvalue weighted by Gasteiger charge is 2.25. The molecule has 41 heavy (non-hydrogen) atoms. The van der Waals surface area contributed by atoms with Gasteiger partial charge in [0.25, 0.3) is 15.9 Å². The molecular weight excluding hydrogens is 557 g/mol. The summed E-state index contributed by atoms with van der Waals surface area (Å²) in [5, 5.41) is 18.2. The van der Waals surface area contributed by atoms with Gasteiger partial charge in [-0.15, -0.1) is 0 Å². The van der Waals surface area contributed by atoms with E-state index in [2.05, 4.69) is 26.9 Å². The van der Waals surface area contributed by atoms with Crippen LogP contribution in [0.2, 0.25) is 0 Å². The van der Waals surface area contributed by atoms with Gasteiger partial charge in [-0.2, -0.15) is 5.10 Å². The van der Waals surface area contributed by atoms with Crippen LogP contribution >= 0.6 is 0 Å². The van der Waals surface area contributed by atoms with Crippen LogP contribution in [0.3, 0.4) is 0 Å². The summed E-state index contributed by atoms with van der Waals surface area (Å²) in [6.45, 7) is 4.90. The highest BCUT2D eigenvalue weighted by molar-refractivity contribution is 7.92. The van der Waals surface area contributed by atoms with Crippen molar-refractivity contribution in [3.8, 4) is 11.5 Å². The van der Waals surface area contributed by atoms with Crippen molar-refractivity contribution in [2.24, 2.45) is 5.73 Å². The predicted octanol–water partition coefficient (Wildman–Crippen LogP) is 2.86. The number of aryl methyl sites for hydroxylation is 1. The van der Waals surface area contributed by atoms with Crippen LogP contribution in [0.5, 0.6) is 11.5 Å². The van der Waals surface area contributed by atoms with E-state index >= 15 is 0 Å². The Morgan fingerprint density at radius 1 is 1.22 bits per heavy atom. The average molecular weight is 586 g/mol. The second-order valence-corrected chi connectivity index (χ2v) is 10.5. The molecule has 0 fully saturated rings. The lowest BCUT2D eigenvalue weighted by molar-refractivity contribution is -0.119. The zero-order chi connectivity index (χ0) is 29.7. The Morgan fingerprint density at radius 3 is 2.68 bits per heavy atom. The minimum atomic E-state index is -4.22. The smallest absolute Gasteiger partial charge is 0.279 e.